The molecule has 1 atom stereocenters. The summed E-state index contributed by atoms with van der Waals surface area (Å²) in [5.41, 5.74) is 4.88. The molecule has 4 nitrogen and oxygen atoms in total. The van der Waals surface area contributed by atoms with Crippen LogP contribution in [0.1, 0.15) is 56.0 Å². The number of aromatic amines is 1. The predicted octanol–water partition coefficient (Wildman–Crippen LogP) is 5.08. The number of aryl methyl sites for hydroxylation is 2. The van der Waals surface area contributed by atoms with Gasteiger partial charge in [-0.25, -0.2) is 0 Å². The second-order valence-corrected chi connectivity index (χ2v) is 7.89. The first kappa shape index (κ1) is 18.6. The standard InChI is InChI=1S/C24H28N2O2/c1-16(2)28-18-13-10-17(11-14-18)12-15-23(27)25-22-9-5-7-20-19-6-3-4-8-21(19)26-24(20)22/h3-4,6,8,10-11,13-14,16,22,26H,5,7,9,12,15H2,1-2H3,(H,25,27)/t22-/m0/s1. The van der Waals surface area contributed by atoms with Gasteiger partial charge in [-0.15, -0.1) is 0 Å². The topological polar surface area (TPSA) is 54.1 Å². The van der Waals surface area contributed by atoms with E-state index in [0.717, 1.165) is 42.5 Å². The van der Waals surface area contributed by atoms with E-state index >= 15 is 0 Å². The summed E-state index contributed by atoms with van der Waals surface area (Å²) >= 11 is 0. The summed E-state index contributed by atoms with van der Waals surface area (Å²) in [5.74, 6) is 0.982. The molecule has 2 N–H and O–H groups in total. The third-order valence-corrected chi connectivity index (χ3v) is 5.39. The van der Waals surface area contributed by atoms with Gasteiger partial charge in [-0.1, -0.05) is 30.3 Å². The van der Waals surface area contributed by atoms with Crippen LogP contribution in [-0.2, 0) is 17.6 Å². The molecule has 0 bridgehead atoms. The van der Waals surface area contributed by atoms with E-state index in [4.69, 9.17) is 4.74 Å². The molecule has 1 aliphatic rings. The average Bonchev–Trinajstić information content (AvgIpc) is 3.07. The normalized spacial score (nSPS) is 16.2. The Balaban J connectivity index is 1.37. The summed E-state index contributed by atoms with van der Waals surface area (Å²) in [7, 11) is 0. The van der Waals surface area contributed by atoms with Crippen LogP contribution in [0.4, 0.5) is 0 Å². The molecular weight excluding hydrogens is 348 g/mol. The number of nitrogens with one attached hydrogen (secondary N) is 2. The molecule has 1 aliphatic carbocycles. The minimum Gasteiger partial charge on any atom is -0.491 e. The van der Waals surface area contributed by atoms with E-state index in [9.17, 15) is 4.79 Å². The van der Waals surface area contributed by atoms with Crippen molar-refractivity contribution >= 4 is 16.8 Å². The van der Waals surface area contributed by atoms with Crippen LogP contribution in [0.5, 0.6) is 5.75 Å². The zero-order valence-corrected chi connectivity index (χ0v) is 16.6. The summed E-state index contributed by atoms with van der Waals surface area (Å²) in [5, 5.41) is 4.54. The van der Waals surface area contributed by atoms with E-state index in [1.54, 1.807) is 0 Å². The number of amides is 1. The highest BCUT2D eigenvalue weighted by Crippen LogP contribution is 2.34. The zero-order valence-electron chi connectivity index (χ0n) is 16.6. The van der Waals surface area contributed by atoms with Crippen molar-refractivity contribution in [2.75, 3.05) is 0 Å². The van der Waals surface area contributed by atoms with Gasteiger partial charge in [0, 0.05) is 23.0 Å². The van der Waals surface area contributed by atoms with Crippen LogP contribution in [-0.4, -0.2) is 17.0 Å². The molecule has 1 aromatic heterocycles. The van der Waals surface area contributed by atoms with Crippen LogP contribution in [0, 0.1) is 0 Å². The highest BCUT2D eigenvalue weighted by atomic mass is 16.5. The van der Waals surface area contributed by atoms with Gasteiger partial charge in [-0.05, 0) is 68.9 Å². The number of carbonyl (C=O) groups is 1. The molecule has 0 fully saturated rings. The first-order valence-corrected chi connectivity index (χ1v) is 10.2. The summed E-state index contributed by atoms with van der Waals surface area (Å²) in [6.07, 6.45) is 4.58. The second-order valence-electron chi connectivity index (χ2n) is 7.89. The Morgan fingerprint density at radius 2 is 1.96 bits per heavy atom. The lowest BCUT2D eigenvalue weighted by Gasteiger charge is -2.24. The van der Waals surface area contributed by atoms with Crippen molar-refractivity contribution in [1.82, 2.24) is 10.3 Å². The van der Waals surface area contributed by atoms with Crippen LogP contribution >= 0.6 is 0 Å². The number of fused-ring (bicyclic) bond motifs is 3. The van der Waals surface area contributed by atoms with Gasteiger partial charge in [-0.3, -0.25) is 4.79 Å². The van der Waals surface area contributed by atoms with Gasteiger partial charge < -0.3 is 15.0 Å². The third-order valence-electron chi connectivity index (χ3n) is 5.39. The van der Waals surface area contributed by atoms with E-state index in [1.165, 1.54) is 16.6 Å². The molecular formula is C24H28N2O2. The number of hydrogen-bond donors (Lipinski definition) is 2. The van der Waals surface area contributed by atoms with Crippen LogP contribution in [0.15, 0.2) is 48.5 Å². The highest BCUT2D eigenvalue weighted by molar-refractivity contribution is 5.85. The van der Waals surface area contributed by atoms with Crippen molar-refractivity contribution in [3.05, 3.63) is 65.4 Å². The van der Waals surface area contributed by atoms with Gasteiger partial charge in [0.15, 0.2) is 0 Å². The molecule has 1 amide bonds. The number of para-hydroxylation sites is 1. The number of ether oxygens (including phenoxy) is 1. The Bertz CT molecular complexity index is 956. The van der Waals surface area contributed by atoms with Crippen LogP contribution in [0.2, 0.25) is 0 Å². The van der Waals surface area contributed by atoms with Crippen molar-refractivity contribution in [2.45, 2.75) is 58.1 Å². The number of benzene rings is 2. The molecule has 146 valence electrons. The monoisotopic (exact) mass is 376 g/mol. The van der Waals surface area contributed by atoms with E-state index in [1.807, 2.05) is 38.1 Å². The first-order valence-electron chi connectivity index (χ1n) is 10.2. The summed E-state index contributed by atoms with van der Waals surface area (Å²) in [4.78, 5) is 16.1. The highest BCUT2D eigenvalue weighted by Gasteiger charge is 2.25. The van der Waals surface area contributed by atoms with Crippen molar-refractivity contribution in [3.63, 3.8) is 0 Å². The Labute approximate surface area is 166 Å². The van der Waals surface area contributed by atoms with Crippen LogP contribution in [0.25, 0.3) is 10.9 Å². The zero-order chi connectivity index (χ0) is 19.5. The molecule has 0 spiro atoms. The fraction of sp³-hybridized carbons (Fsp3) is 0.375. The molecule has 4 rings (SSSR count). The Morgan fingerprint density at radius 1 is 1.18 bits per heavy atom. The van der Waals surface area contributed by atoms with Gasteiger partial charge in [0.25, 0.3) is 0 Å². The van der Waals surface area contributed by atoms with Gasteiger partial charge in [0.1, 0.15) is 5.75 Å². The number of hydrogen-bond acceptors (Lipinski definition) is 2. The number of carbonyl (C=O) groups excluding carboxylic acids is 1. The van der Waals surface area contributed by atoms with E-state index in [2.05, 4.69) is 34.6 Å². The minimum absolute atomic E-state index is 0.0884. The number of aromatic nitrogens is 1. The van der Waals surface area contributed by atoms with Crippen molar-refractivity contribution in [2.24, 2.45) is 0 Å². The molecule has 4 heteroatoms. The predicted molar refractivity (Wildman–Crippen MR) is 113 cm³/mol. The summed E-state index contributed by atoms with van der Waals surface area (Å²) in [6.45, 7) is 4.03. The molecule has 0 radical (unpaired) electrons. The maximum absolute atomic E-state index is 12.6. The van der Waals surface area contributed by atoms with Gasteiger partial charge in [-0.2, -0.15) is 0 Å². The van der Waals surface area contributed by atoms with E-state index in [-0.39, 0.29) is 18.1 Å². The molecule has 0 saturated heterocycles. The second kappa shape index (κ2) is 8.09. The smallest absolute Gasteiger partial charge is 0.220 e. The van der Waals surface area contributed by atoms with Gasteiger partial charge in [0.05, 0.1) is 12.1 Å². The lowest BCUT2D eigenvalue weighted by molar-refractivity contribution is -0.121. The fourth-order valence-electron chi connectivity index (χ4n) is 4.09. The fourth-order valence-corrected chi connectivity index (χ4v) is 4.09. The van der Waals surface area contributed by atoms with Crippen molar-refractivity contribution < 1.29 is 9.53 Å². The van der Waals surface area contributed by atoms with Gasteiger partial charge >= 0.3 is 0 Å². The minimum atomic E-state index is 0.0884. The Morgan fingerprint density at radius 3 is 2.75 bits per heavy atom. The van der Waals surface area contributed by atoms with Crippen molar-refractivity contribution in [3.8, 4) is 5.75 Å². The molecule has 0 saturated carbocycles. The number of H-pyrrole nitrogens is 1. The summed E-state index contributed by atoms with van der Waals surface area (Å²) < 4.78 is 5.67. The quantitative estimate of drug-likeness (QED) is 0.630. The Kier molecular flexibility index (Phi) is 5.38. The molecule has 1 heterocycles. The third kappa shape index (κ3) is 4.06. The van der Waals surface area contributed by atoms with Crippen LogP contribution in [0.3, 0.4) is 0 Å². The molecule has 3 aromatic rings. The van der Waals surface area contributed by atoms with E-state index in [0.29, 0.717) is 6.42 Å². The van der Waals surface area contributed by atoms with Crippen molar-refractivity contribution in [1.29, 1.82) is 0 Å². The molecule has 28 heavy (non-hydrogen) atoms. The maximum Gasteiger partial charge on any atom is 0.220 e. The first-order chi connectivity index (χ1) is 13.6. The molecule has 2 aromatic carbocycles. The number of rotatable bonds is 6. The van der Waals surface area contributed by atoms with E-state index < -0.39 is 0 Å². The lowest BCUT2D eigenvalue weighted by atomic mass is 9.91. The van der Waals surface area contributed by atoms with Crippen LogP contribution < -0.4 is 10.1 Å². The lowest BCUT2D eigenvalue weighted by Crippen LogP contribution is -2.31. The maximum atomic E-state index is 12.6. The molecule has 0 unspecified atom stereocenters. The summed E-state index contributed by atoms with van der Waals surface area (Å²) in [6, 6.07) is 16.5. The largest absolute Gasteiger partial charge is 0.491 e. The Hall–Kier alpha value is -2.75. The van der Waals surface area contributed by atoms with Gasteiger partial charge in [0.2, 0.25) is 5.91 Å². The average molecular weight is 376 g/mol. The SMILES string of the molecule is CC(C)Oc1ccc(CCC(=O)N[C@H]2CCCc3c2[nH]c2ccccc32)cc1. The molecule has 0 aliphatic heterocycles.